The maximum absolute atomic E-state index is 9.61. The van der Waals surface area contributed by atoms with Crippen molar-refractivity contribution in [3.8, 4) is 0 Å². The van der Waals surface area contributed by atoms with Gasteiger partial charge in [-0.25, -0.2) is 0 Å². The zero-order chi connectivity index (χ0) is 11.3. The SMILES string of the molecule is CNC1(C)CCN(CC(O)COC)CC1. The first-order valence-electron chi connectivity index (χ1n) is 5.68. The van der Waals surface area contributed by atoms with Gasteiger partial charge in [-0.15, -0.1) is 0 Å². The lowest BCUT2D eigenvalue weighted by atomic mass is 9.90. The predicted octanol–water partition coefficient (Wildman–Crippen LogP) is 0.0676. The third-order valence-electron chi connectivity index (χ3n) is 3.39. The first-order chi connectivity index (χ1) is 7.09. The summed E-state index contributed by atoms with van der Waals surface area (Å²) in [5.41, 5.74) is 0.280. The molecule has 0 spiro atoms. The summed E-state index contributed by atoms with van der Waals surface area (Å²) in [6, 6.07) is 0. The summed E-state index contributed by atoms with van der Waals surface area (Å²) in [5.74, 6) is 0. The van der Waals surface area contributed by atoms with Crippen LogP contribution in [0.15, 0.2) is 0 Å². The zero-order valence-electron chi connectivity index (χ0n) is 10.1. The fraction of sp³-hybridized carbons (Fsp3) is 1.00. The van der Waals surface area contributed by atoms with Crippen molar-refractivity contribution in [2.24, 2.45) is 0 Å². The van der Waals surface area contributed by atoms with Crippen molar-refractivity contribution in [2.45, 2.75) is 31.4 Å². The molecule has 0 aromatic heterocycles. The molecule has 1 atom stereocenters. The Kier molecular flexibility index (Phi) is 4.99. The molecule has 4 heteroatoms. The molecule has 1 rings (SSSR count). The van der Waals surface area contributed by atoms with Gasteiger partial charge in [0.05, 0.1) is 12.7 Å². The van der Waals surface area contributed by atoms with Gasteiger partial charge in [0, 0.05) is 19.2 Å². The maximum atomic E-state index is 9.61. The normalized spacial score (nSPS) is 24.0. The van der Waals surface area contributed by atoms with Gasteiger partial charge < -0.3 is 20.1 Å². The van der Waals surface area contributed by atoms with Crippen LogP contribution in [0, 0.1) is 0 Å². The minimum Gasteiger partial charge on any atom is -0.389 e. The summed E-state index contributed by atoms with van der Waals surface area (Å²) in [4.78, 5) is 2.31. The number of likely N-dealkylation sites (tertiary alicyclic amines) is 1. The van der Waals surface area contributed by atoms with E-state index in [9.17, 15) is 5.11 Å². The second kappa shape index (κ2) is 5.80. The number of ether oxygens (including phenoxy) is 1. The molecule has 1 unspecified atom stereocenters. The number of aliphatic hydroxyl groups is 1. The highest BCUT2D eigenvalue weighted by atomic mass is 16.5. The van der Waals surface area contributed by atoms with Crippen molar-refractivity contribution >= 4 is 0 Å². The summed E-state index contributed by atoms with van der Waals surface area (Å²) >= 11 is 0. The molecule has 0 radical (unpaired) electrons. The number of aliphatic hydroxyl groups excluding tert-OH is 1. The molecule has 0 aromatic carbocycles. The van der Waals surface area contributed by atoms with Crippen LogP contribution >= 0.6 is 0 Å². The molecule has 4 nitrogen and oxygen atoms in total. The van der Waals surface area contributed by atoms with Crippen molar-refractivity contribution in [1.29, 1.82) is 0 Å². The Bertz CT molecular complexity index is 179. The van der Waals surface area contributed by atoms with Crippen molar-refractivity contribution < 1.29 is 9.84 Å². The van der Waals surface area contributed by atoms with Crippen LogP contribution in [0.1, 0.15) is 19.8 Å². The summed E-state index contributed by atoms with van der Waals surface area (Å²) in [6.07, 6.45) is 1.93. The lowest BCUT2D eigenvalue weighted by Crippen LogP contribution is -2.51. The lowest BCUT2D eigenvalue weighted by molar-refractivity contribution is 0.0260. The Balaban J connectivity index is 2.25. The summed E-state index contributed by atoms with van der Waals surface area (Å²) < 4.78 is 4.92. The van der Waals surface area contributed by atoms with Gasteiger partial charge in [0.15, 0.2) is 0 Å². The summed E-state index contributed by atoms with van der Waals surface area (Å²) in [5, 5.41) is 13.0. The zero-order valence-corrected chi connectivity index (χ0v) is 10.1. The van der Waals surface area contributed by atoms with E-state index in [0.29, 0.717) is 6.61 Å². The number of nitrogens with zero attached hydrogens (tertiary/aromatic N) is 1. The highest BCUT2D eigenvalue weighted by Gasteiger charge is 2.28. The third-order valence-corrected chi connectivity index (χ3v) is 3.39. The maximum Gasteiger partial charge on any atom is 0.0900 e. The van der Waals surface area contributed by atoms with Gasteiger partial charge >= 0.3 is 0 Å². The topological polar surface area (TPSA) is 44.7 Å². The van der Waals surface area contributed by atoms with E-state index in [2.05, 4.69) is 17.1 Å². The van der Waals surface area contributed by atoms with E-state index in [1.807, 2.05) is 7.05 Å². The Morgan fingerprint density at radius 2 is 2.07 bits per heavy atom. The van der Waals surface area contributed by atoms with Gasteiger partial charge in [-0.05, 0) is 39.9 Å². The Morgan fingerprint density at radius 3 is 2.53 bits per heavy atom. The predicted molar refractivity (Wildman–Crippen MR) is 61.0 cm³/mol. The van der Waals surface area contributed by atoms with Crippen LogP contribution in [-0.2, 0) is 4.74 Å². The minimum absolute atomic E-state index is 0.280. The molecule has 0 aromatic rings. The van der Waals surface area contributed by atoms with Gasteiger partial charge in [0.2, 0.25) is 0 Å². The summed E-state index contributed by atoms with van der Waals surface area (Å²) in [6.45, 7) is 5.53. The van der Waals surface area contributed by atoms with Crippen molar-refractivity contribution in [3.63, 3.8) is 0 Å². The molecular weight excluding hydrogens is 192 g/mol. The molecule has 0 amide bonds. The Morgan fingerprint density at radius 1 is 1.47 bits per heavy atom. The van der Waals surface area contributed by atoms with Crippen LogP contribution in [0.2, 0.25) is 0 Å². The van der Waals surface area contributed by atoms with Crippen LogP contribution in [0.5, 0.6) is 0 Å². The molecule has 1 aliphatic heterocycles. The van der Waals surface area contributed by atoms with E-state index in [0.717, 1.165) is 32.5 Å². The molecule has 1 heterocycles. The molecule has 1 fully saturated rings. The fourth-order valence-electron chi connectivity index (χ4n) is 2.02. The Hall–Kier alpha value is -0.160. The van der Waals surface area contributed by atoms with Gasteiger partial charge in [0.1, 0.15) is 0 Å². The number of rotatable bonds is 5. The standard InChI is InChI=1S/C11H24N2O2/c1-11(12-2)4-6-13(7-5-11)8-10(14)9-15-3/h10,12,14H,4-9H2,1-3H3. The van der Waals surface area contributed by atoms with E-state index in [1.54, 1.807) is 7.11 Å². The van der Waals surface area contributed by atoms with E-state index in [-0.39, 0.29) is 11.6 Å². The molecule has 0 saturated carbocycles. The molecule has 1 aliphatic rings. The van der Waals surface area contributed by atoms with Crippen LogP contribution in [-0.4, -0.2) is 62.0 Å². The number of β-amino-alcohol motifs (C(OH)–C–C–N with tert-alkyl or cyclic N) is 1. The molecule has 90 valence electrons. The number of hydrogen-bond acceptors (Lipinski definition) is 4. The number of hydrogen-bond donors (Lipinski definition) is 2. The largest absolute Gasteiger partial charge is 0.389 e. The average Bonchev–Trinajstić information content (AvgIpc) is 2.22. The smallest absolute Gasteiger partial charge is 0.0900 e. The van der Waals surface area contributed by atoms with Crippen LogP contribution < -0.4 is 5.32 Å². The Labute approximate surface area is 92.6 Å². The van der Waals surface area contributed by atoms with Gasteiger partial charge in [0.25, 0.3) is 0 Å². The highest BCUT2D eigenvalue weighted by Crippen LogP contribution is 2.20. The van der Waals surface area contributed by atoms with E-state index in [1.165, 1.54) is 0 Å². The van der Waals surface area contributed by atoms with Crippen molar-refractivity contribution in [2.75, 3.05) is 40.4 Å². The quantitative estimate of drug-likeness (QED) is 0.682. The van der Waals surface area contributed by atoms with Crippen molar-refractivity contribution in [1.82, 2.24) is 10.2 Å². The van der Waals surface area contributed by atoms with E-state index in [4.69, 9.17) is 4.74 Å². The van der Waals surface area contributed by atoms with Gasteiger partial charge in [-0.2, -0.15) is 0 Å². The molecule has 15 heavy (non-hydrogen) atoms. The molecular formula is C11H24N2O2. The van der Waals surface area contributed by atoms with Gasteiger partial charge in [-0.3, -0.25) is 0 Å². The average molecular weight is 216 g/mol. The van der Waals surface area contributed by atoms with Gasteiger partial charge in [-0.1, -0.05) is 0 Å². The molecule has 0 bridgehead atoms. The lowest BCUT2D eigenvalue weighted by Gasteiger charge is -2.39. The molecule has 1 saturated heterocycles. The van der Waals surface area contributed by atoms with Crippen molar-refractivity contribution in [3.05, 3.63) is 0 Å². The first kappa shape index (κ1) is 12.9. The van der Waals surface area contributed by atoms with Crippen LogP contribution in [0.3, 0.4) is 0 Å². The van der Waals surface area contributed by atoms with E-state index >= 15 is 0 Å². The second-order valence-corrected chi connectivity index (χ2v) is 4.72. The van der Waals surface area contributed by atoms with Crippen LogP contribution in [0.4, 0.5) is 0 Å². The van der Waals surface area contributed by atoms with Crippen LogP contribution in [0.25, 0.3) is 0 Å². The molecule has 2 N–H and O–H groups in total. The molecule has 0 aliphatic carbocycles. The minimum atomic E-state index is -0.353. The van der Waals surface area contributed by atoms with E-state index < -0.39 is 0 Å². The number of piperidine rings is 1. The highest BCUT2D eigenvalue weighted by molar-refractivity contribution is 4.88. The number of methoxy groups -OCH3 is 1. The fourth-order valence-corrected chi connectivity index (χ4v) is 2.02. The number of nitrogens with one attached hydrogen (secondary N) is 1. The second-order valence-electron chi connectivity index (χ2n) is 4.72. The first-order valence-corrected chi connectivity index (χ1v) is 5.68. The third kappa shape index (κ3) is 4.07. The monoisotopic (exact) mass is 216 g/mol. The summed E-state index contributed by atoms with van der Waals surface area (Å²) in [7, 11) is 3.65.